The van der Waals surface area contributed by atoms with Crippen LogP contribution in [0.5, 0.6) is 5.75 Å². The van der Waals surface area contributed by atoms with Crippen LogP contribution in [0.3, 0.4) is 0 Å². The maximum Gasteiger partial charge on any atom is 0.224 e. The fourth-order valence-electron chi connectivity index (χ4n) is 2.44. The quantitative estimate of drug-likeness (QED) is 0.735. The first-order valence-electron chi connectivity index (χ1n) is 7.58. The Morgan fingerprint density at radius 1 is 1.12 bits per heavy atom. The lowest BCUT2D eigenvalue weighted by Gasteiger charge is -2.33. The summed E-state index contributed by atoms with van der Waals surface area (Å²) in [6, 6.07) is 6.36. The second-order valence-corrected chi connectivity index (χ2v) is 7.59. The zero-order valence-electron chi connectivity index (χ0n) is 13.4. The summed E-state index contributed by atoms with van der Waals surface area (Å²) in [7, 11) is -3.23. The topological polar surface area (TPSA) is 107 Å². The van der Waals surface area contributed by atoms with Crippen molar-refractivity contribution in [2.45, 2.75) is 12.8 Å². The van der Waals surface area contributed by atoms with Gasteiger partial charge in [0.15, 0.2) is 0 Å². The summed E-state index contributed by atoms with van der Waals surface area (Å²) in [6.07, 6.45) is 1.19. The summed E-state index contributed by atoms with van der Waals surface area (Å²) in [6.45, 7) is 1.20. The molecule has 1 aliphatic rings. The predicted molar refractivity (Wildman–Crippen MR) is 89.0 cm³/mol. The van der Waals surface area contributed by atoms with Gasteiger partial charge in [0.25, 0.3) is 0 Å². The number of hydrogen-bond acceptors (Lipinski definition) is 5. The van der Waals surface area contributed by atoms with Crippen molar-refractivity contribution in [3.8, 4) is 5.75 Å². The highest BCUT2D eigenvalue weighted by atomic mass is 32.2. The standard InChI is InChI=1S/C15H21N3O5S/c1-24(22,23)18-10-8-17(9-11-18)15(21)7-6-14(20)16-12-4-2-3-5-13(12)19/h2-5,19H,6-11H2,1H3,(H,16,20). The Morgan fingerprint density at radius 2 is 1.75 bits per heavy atom. The van der Waals surface area contributed by atoms with Crippen LogP contribution >= 0.6 is 0 Å². The van der Waals surface area contributed by atoms with Gasteiger partial charge in [0.2, 0.25) is 21.8 Å². The van der Waals surface area contributed by atoms with Gasteiger partial charge in [0, 0.05) is 39.0 Å². The van der Waals surface area contributed by atoms with E-state index in [1.54, 1.807) is 23.1 Å². The Kier molecular flexibility index (Phi) is 5.79. The monoisotopic (exact) mass is 355 g/mol. The third kappa shape index (κ3) is 4.93. The number of carbonyl (C=O) groups is 2. The molecule has 2 amide bonds. The Morgan fingerprint density at radius 3 is 2.33 bits per heavy atom. The molecular formula is C15H21N3O5S. The van der Waals surface area contributed by atoms with Crippen molar-refractivity contribution in [3.63, 3.8) is 0 Å². The molecule has 2 rings (SSSR count). The van der Waals surface area contributed by atoms with E-state index in [2.05, 4.69) is 5.32 Å². The van der Waals surface area contributed by atoms with Gasteiger partial charge in [-0.3, -0.25) is 9.59 Å². The average Bonchev–Trinajstić information content (AvgIpc) is 2.54. The molecule has 0 bridgehead atoms. The highest BCUT2D eigenvalue weighted by Gasteiger charge is 2.26. The molecule has 9 heteroatoms. The molecule has 1 aromatic rings. The molecule has 0 spiro atoms. The zero-order chi connectivity index (χ0) is 17.7. The van der Waals surface area contributed by atoms with E-state index in [9.17, 15) is 23.1 Å². The van der Waals surface area contributed by atoms with E-state index in [4.69, 9.17) is 0 Å². The fourth-order valence-corrected chi connectivity index (χ4v) is 3.27. The molecule has 0 unspecified atom stereocenters. The van der Waals surface area contributed by atoms with E-state index in [1.807, 2.05) is 0 Å². The maximum atomic E-state index is 12.1. The third-order valence-corrected chi connectivity index (χ3v) is 5.11. The van der Waals surface area contributed by atoms with E-state index < -0.39 is 10.0 Å². The average molecular weight is 355 g/mol. The number of carbonyl (C=O) groups excluding carboxylic acids is 2. The van der Waals surface area contributed by atoms with Crippen LogP contribution in [0.4, 0.5) is 5.69 Å². The van der Waals surface area contributed by atoms with E-state index in [0.29, 0.717) is 18.8 Å². The summed E-state index contributed by atoms with van der Waals surface area (Å²) >= 11 is 0. The van der Waals surface area contributed by atoms with Crippen molar-refractivity contribution < 1.29 is 23.1 Å². The van der Waals surface area contributed by atoms with Crippen molar-refractivity contribution >= 4 is 27.5 Å². The van der Waals surface area contributed by atoms with Gasteiger partial charge < -0.3 is 15.3 Å². The molecule has 1 saturated heterocycles. The summed E-state index contributed by atoms with van der Waals surface area (Å²) in [5.41, 5.74) is 0.303. The number of piperazine rings is 1. The number of benzene rings is 1. The first-order chi connectivity index (χ1) is 11.3. The van der Waals surface area contributed by atoms with E-state index in [1.165, 1.54) is 10.4 Å². The van der Waals surface area contributed by atoms with Gasteiger partial charge in [-0.15, -0.1) is 0 Å². The number of rotatable bonds is 5. The number of aromatic hydroxyl groups is 1. The molecule has 1 fully saturated rings. The molecule has 2 N–H and O–H groups in total. The van der Waals surface area contributed by atoms with Gasteiger partial charge in [0.05, 0.1) is 11.9 Å². The number of amides is 2. The molecule has 8 nitrogen and oxygen atoms in total. The van der Waals surface area contributed by atoms with Crippen molar-refractivity contribution in [2.75, 3.05) is 37.8 Å². The minimum absolute atomic E-state index is 0.000537. The number of phenols is 1. The molecule has 0 aromatic heterocycles. The molecule has 1 aromatic carbocycles. The van der Waals surface area contributed by atoms with Crippen molar-refractivity contribution in [2.24, 2.45) is 0 Å². The van der Waals surface area contributed by atoms with Gasteiger partial charge in [0.1, 0.15) is 5.75 Å². The number of nitrogens with zero attached hydrogens (tertiary/aromatic N) is 2. The highest BCUT2D eigenvalue weighted by molar-refractivity contribution is 7.88. The molecule has 0 saturated carbocycles. The first kappa shape index (κ1) is 18.2. The molecule has 1 aliphatic heterocycles. The number of sulfonamides is 1. The molecular weight excluding hydrogens is 334 g/mol. The largest absolute Gasteiger partial charge is 0.506 e. The van der Waals surface area contributed by atoms with E-state index in [0.717, 1.165) is 6.26 Å². The van der Waals surface area contributed by atoms with Crippen molar-refractivity contribution in [1.29, 1.82) is 0 Å². The van der Waals surface area contributed by atoms with Crippen LogP contribution in [0.15, 0.2) is 24.3 Å². The Bertz CT molecular complexity index is 712. The van der Waals surface area contributed by atoms with Crippen LogP contribution in [0.2, 0.25) is 0 Å². The smallest absolute Gasteiger partial charge is 0.224 e. The Balaban J connectivity index is 1.77. The Labute approximate surface area is 141 Å². The lowest BCUT2D eigenvalue weighted by atomic mass is 10.2. The molecule has 24 heavy (non-hydrogen) atoms. The minimum atomic E-state index is -3.23. The van der Waals surface area contributed by atoms with Gasteiger partial charge in [-0.1, -0.05) is 12.1 Å². The predicted octanol–water partition coefficient (Wildman–Crippen LogP) is 0.215. The summed E-state index contributed by atoms with van der Waals surface area (Å²) in [4.78, 5) is 25.5. The summed E-state index contributed by atoms with van der Waals surface area (Å²) in [5, 5.41) is 12.1. The van der Waals surface area contributed by atoms with Crippen LogP contribution in [0, 0.1) is 0 Å². The summed E-state index contributed by atoms with van der Waals surface area (Å²) < 4.78 is 24.2. The molecule has 0 radical (unpaired) electrons. The van der Waals surface area contributed by atoms with Crippen LogP contribution in [0.25, 0.3) is 0 Å². The van der Waals surface area contributed by atoms with Crippen molar-refractivity contribution in [1.82, 2.24) is 9.21 Å². The first-order valence-corrected chi connectivity index (χ1v) is 9.43. The number of nitrogens with one attached hydrogen (secondary N) is 1. The highest BCUT2D eigenvalue weighted by Crippen LogP contribution is 2.21. The number of para-hydroxylation sites is 2. The fraction of sp³-hybridized carbons (Fsp3) is 0.467. The van der Waals surface area contributed by atoms with Crippen LogP contribution in [0.1, 0.15) is 12.8 Å². The van der Waals surface area contributed by atoms with E-state index in [-0.39, 0.29) is 43.5 Å². The van der Waals surface area contributed by atoms with E-state index >= 15 is 0 Å². The van der Waals surface area contributed by atoms with Crippen LogP contribution in [-0.2, 0) is 19.6 Å². The third-order valence-electron chi connectivity index (χ3n) is 3.80. The maximum absolute atomic E-state index is 12.1. The van der Waals surface area contributed by atoms with Crippen LogP contribution in [-0.4, -0.2) is 67.0 Å². The van der Waals surface area contributed by atoms with Gasteiger partial charge in [-0.05, 0) is 12.1 Å². The molecule has 132 valence electrons. The lowest BCUT2D eigenvalue weighted by Crippen LogP contribution is -2.50. The Hall–Kier alpha value is -2.13. The van der Waals surface area contributed by atoms with Crippen LogP contribution < -0.4 is 5.32 Å². The van der Waals surface area contributed by atoms with Gasteiger partial charge in [-0.25, -0.2) is 8.42 Å². The number of anilines is 1. The molecule has 0 atom stereocenters. The normalized spacial score (nSPS) is 16.0. The minimum Gasteiger partial charge on any atom is -0.506 e. The second kappa shape index (κ2) is 7.63. The molecule has 0 aliphatic carbocycles. The number of phenolic OH excluding ortho intramolecular Hbond substituents is 1. The summed E-state index contributed by atoms with van der Waals surface area (Å²) in [5.74, 6) is -0.579. The van der Waals surface area contributed by atoms with Gasteiger partial charge in [-0.2, -0.15) is 4.31 Å². The zero-order valence-corrected chi connectivity index (χ0v) is 14.3. The second-order valence-electron chi connectivity index (χ2n) is 5.61. The van der Waals surface area contributed by atoms with Gasteiger partial charge >= 0.3 is 0 Å². The number of hydrogen-bond donors (Lipinski definition) is 2. The SMILES string of the molecule is CS(=O)(=O)N1CCN(C(=O)CCC(=O)Nc2ccccc2O)CC1. The lowest BCUT2D eigenvalue weighted by molar-refractivity contribution is -0.133. The van der Waals surface area contributed by atoms with Crippen molar-refractivity contribution in [3.05, 3.63) is 24.3 Å². The molecule has 1 heterocycles.